The number of nitrogens with one attached hydrogen (secondary N) is 1. The quantitative estimate of drug-likeness (QED) is 0.352. The zero-order valence-corrected chi connectivity index (χ0v) is 25.5. The highest BCUT2D eigenvalue weighted by Gasteiger charge is 2.30. The van der Waals surface area contributed by atoms with Crippen molar-refractivity contribution < 1.29 is 22.7 Å². The molecule has 4 atom stereocenters. The normalized spacial score (nSPS) is 22.4. The first-order valence-corrected chi connectivity index (χ1v) is 16.0. The van der Waals surface area contributed by atoms with E-state index in [4.69, 9.17) is 19.4 Å². The molecule has 6 rings (SSSR count). The van der Waals surface area contributed by atoms with Gasteiger partial charge in [0.1, 0.15) is 5.82 Å². The predicted molar refractivity (Wildman–Crippen MR) is 164 cm³/mol. The lowest BCUT2D eigenvalue weighted by Gasteiger charge is -2.36. The van der Waals surface area contributed by atoms with E-state index in [-0.39, 0.29) is 41.8 Å². The summed E-state index contributed by atoms with van der Waals surface area (Å²) in [5, 5.41) is 3.13. The number of ether oxygens (including phenoxy) is 2. The SMILES string of the molecule is C[C@@H]1CN(c2cccc(-c3ccc4cnc([C@H](C)NC(=O)c5ccc6c(c5)S(=O)(=O)[C@@H](C)COC6)cc4n3)n2)C[C@H](C)O1. The number of carbonyl (C=O) groups is 1. The van der Waals surface area contributed by atoms with Gasteiger partial charge in [-0.2, -0.15) is 0 Å². The van der Waals surface area contributed by atoms with Crippen LogP contribution in [0.15, 0.2) is 65.7 Å². The van der Waals surface area contributed by atoms with Crippen molar-refractivity contribution in [3.63, 3.8) is 0 Å². The van der Waals surface area contributed by atoms with E-state index in [0.717, 1.165) is 41.2 Å². The van der Waals surface area contributed by atoms with Crippen molar-refractivity contribution >= 4 is 32.5 Å². The van der Waals surface area contributed by atoms with Crippen LogP contribution in [-0.2, 0) is 25.9 Å². The van der Waals surface area contributed by atoms with Crippen LogP contribution in [0.4, 0.5) is 5.82 Å². The Morgan fingerprint density at radius 3 is 2.56 bits per heavy atom. The highest BCUT2D eigenvalue weighted by atomic mass is 32.2. The Morgan fingerprint density at radius 1 is 1.00 bits per heavy atom. The maximum Gasteiger partial charge on any atom is 0.251 e. The van der Waals surface area contributed by atoms with Gasteiger partial charge in [-0.1, -0.05) is 12.1 Å². The monoisotopic (exact) mass is 601 g/mol. The van der Waals surface area contributed by atoms with Crippen molar-refractivity contribution in [1.82, 2.24) is 20.3 Å². The van der Waals surface area contributed by atoms with Crippen LogP contribution < -0.4 is 10.2 Å². The second-order valence-electron chi connectivity index (χ2n) is 11.4. The molecule has 4 aromatic rings. The molecule has 43 heavy (non-hydrogen) atoms. The van der Waals surface area contributed by atoms with Crippen LogP contribution in [0.2, 0.25) is 0 Å². The minimum Gasteiger partial charge on any atom is -0.375 e. The Labute approximate surface area is 251 Å². The van der Waals surface area contributed by atoms with Crippen molar-refractivity contribution in [3.05, 3.63) is 77.6 Å². The third kappa shape index (κ3) is 5.97. The van der Waals surface area contributed by atoms with E-state index in [2.05, 4.69) is 29.0 Å². The first-order valence-electron chi connectivity index (χ1n) is 14.5. The Hall–Kier alpha value is -3.93. The Kier molecular flexibility index (Phi) is 7.89. The fourth-order valence-corrected chi connectivity index (χ4v) is 7.09. The minimum atomic E-state index is -3.60. The Balaban J connectivity index is 1.23. The molecule has 0 spiro atoms. The van der Waals surface area contributed by atoms with Gasteiger partial charge in [0.05, 0.1) is 64.2 Å². The van der Waals surface area contributed by atoms with E-state index in [0.29, 0.717) is 11.3 Å². The van der Waals surface area contributed by atoms with Crippen molar-refractivity contribution in [2.75, 3.05) is 24.6 Å². The summed E-state index contributed by atoms with van der Waals surface area (Å²) in [6.07, 6.45) is 2.00. The van der Waals surface area contributed by atoms with Gasteiger partial charge in [-0.3, -0.25) is 9.78 Å². The minimum absolute atomic E-state index is 0.118. The zero-order chi connectivity index (χ0) is 30.3. The summed E-state index contributed by atoms with van der Waals surface area (Å²) in [5.74, 6) is 0.500. The molecular formula is C32H35N5O5S. The number of hydrogen-bond donors (Lipinski definition) is 1. The van der Waals surface area contributed by atoms with E-state index < -0.39 is 21.1 Å². The number of carbonyl (C=O) groups excluding carboxylic acids is 1. The Bertz CT molecular complexity index is 1790. The number of nitrogens with zero attached hydrogens (tertiary/aromatic N) is 4. The van der Waals surface area contributed by atoms with Crippen molar-refractivity contribution in [1.29, 1.82) is 0 Å². The predicted octanol–water partition coefficient (Wildman–Crippen LogP) is 4.49. The maximum absolute atomic E-state index is 13.2. The van der Waals surface area contributed by atoms with E-state index >= 15 is 0 Å². The molecule has 1 aromatic carbocycles. The summed E-state index contributed by atoms with van der Waals surface area (Å²) in [6.45, 7) is 9.45. The van der Waals surface area contributed by atoms with Gasteiger partial charge >= 0.3 is 0 Å². The standard InChI is InChI=1S/C32H35N5O5S/c1-19-15-37(16-20(2)42-19)31-7-5-6-26(36-31)27-11-10-24-14-33-28(13-29(24)35-27)22(4)34-32(38)23-8-9-25-18-41-17-21(3)43(39,40)30(25)12-23/h5-14,19-22H,15-18H2,1-4H3,(H,34,38)/t19-,20+,21-,22-/m0/s1. The number of benzene rings is 1. The highest BCUT2D eigenvalue weighted by Crippen LogP contribution is 2.28. The highest BCUT2D eigenvalue weighted by molar-refractivity contribution is 7.92. The van der Waals surface area contributed by atoms with Gasteiger partial charge in [0, 0.05) is 30.2 Å². The smallest absolute Gasteiger partial charge is 0.251 e. The molecule has 3 aromatic heterocycles. The molecule has 0 saturated carbocycles. The summed E-state index contributed by atoms with van der Waals surface area (Å²) in [7, 11) is -3.60. The van der Waals surface area contributed by atoms with Crippen LogP contribution in [0.25, 0.3) is 22.3 Å². The zero-order valence-electron chi connectivity index (χ0n) is 24.6. The average molecular weight is 602 g/mol. The number of hydrogen-bond acceptors (Lipinski definition) is 9. The molecule has 0 radical (unpaired) electrons. The van der Waals surface area contributed by atoms with Crippen LogP contribution in [0.1, 0.15) is 55.4 Å². The molecule has 1 fully saturated rings. The molecular weight excluding hydrogens is 566 g/mol. The number of morpholine rings is 1. The molecule has 2 aliphatic rings. The van der Waals surface area contributed by atoms with Gasteiger partial charge in [-0.15, -0.1) is 0 Å². The van der Waals surface area contributed by atoms with Gasteiger partial charge in [0.25, 0.3) is 5.91 Å². The molecule has 0 bridgehead atoms. The van der Waals surface area contributed by atoms with Gasteiger partial charge in [0.15, 0.2) is 9.84 Å². The third-order valence-electron chi connectivity index (χ3n) is 7.90. The van der Waals surface area contributed by atoms with Crippen LogP contribution >= 0.6 is 0 Å². The second kappa shape index (κ2) is 11.6. The van der Waals surface area contributed by atoms with E-state index in [1.165, 1.54) is 6.07 Å². The third-order valence-corrected chi connectivity index (χ3v) is 10.1. The Morgan fingerprint density at radius 2 is 1.77 bits per heavy atom. The summed E-state index contributed by atoms with van der Waals surface area (Å²) in [4.78, 5) is 29.9. The van der Waals surface area contributed by atoms with Crippen molar-refractivity contribution in [2.45, 2.75) is 62.7 Å². The average Bonchev–Trinajstić information content (AvgIpc) is 3.10. The first-order chi connectivity index (χ1) is 20.6. The molecule has 0 unspecified atom stereocenters. The molecule has 0 aliphatic carbocycles. The summed E-state index contributed by atoms with van der Waals surface area (Å²) < 4.78 is 37.3. The van der Waals surface area contributed by atoms with Gasteiger partial charge in [0.2, 0.25) is 0 Å². The lowest BCUT2D eigenvalue weighted by molar-refractivity contribution is -0.00545. The number of rotatable bonds is 5. The van der Waals surface area contributed by atoms with Crippen molar-refractivity contribution in [3.8, 4) is 11.4 Å². The molecule has 10 nitrogen and oxygen atoms in total. The summed E-state index contributed by atoms with van der Waals surface area (Å²) in [5.41, 5.74) is 3.69. The van der Waals surface area contributed by atoms with E-state index in [1.54, 1.807) is 25.3 Å². The summed E-state index contributed by atoms with van der Waals surface area (Å²) in [6, 6.07) is 16.0. The topological polar surface area (TPSA) is 124 Å². The largest absolute Gasteiger partial charge is 0.375 e. The van der Waals surface area contributed by atoms with Crippen LogP contribution in [0, 0.1) is 0 Å². The van der Waals surface area contributed by atoms with Crippen LogP contribution in [0.5, 0.6) is 0 Å². The number of fused-ring (bicyclic) bond motifs is 2. The van der Waals surface area contributed by atoms with Gasteiger partial charge < -0.3 is 19.7 Å². The number of aromatic nitrogens is 3. The second-order valence-corrected chi connectivity index (χ2v) is 13.8. The maximum atomic E-state index is 13.2. The lowest BCUT2D eigenvalue weighted by atomic mass is 10.1. The molecule has 11 heteroatoms. The number of amides is 1. The lowest BCUT2D eigenvalue weighted by Crippen LogP contribution is -2.45. The van der Waals surface area contributed by atoms with Crippen molar-refractivity contribution in [2.24, 2.45) is 0 Å². The summed E-state index contributed by atoms with van der Waals surface area (Å²) >= 11 is 0. The fourth-order valence-electron chi connectivity index (χ4n) is 5.59. The van der Waals surface area contributed by atoms with E-state index in [9.17, 15) is 13.2 Å². The number of sulfone groups is 1. The van der Waals surface area contributed by atoms with Crippen LogP contribution in [0.3, 0.4) is 0 Å². The fraction of sp³-hybridized carbons (Fsp3) is 0.375. The van der Waals surface area contributed by atoms with Gasteiger partial charge in [-0.05, 0) is 75.7 Å². The molecule has 1 saturated heterocycles. The van der Waals surface area contributed by atoms with E-state index in [1.807, 2.05) is 43.3 Å². The molecule has 224 valence electrons. The first kappa shape index (κ1) is 29.2. The van der Waals surface area contributed by atoms with Crippen LogP contribution in [-0.4, -0.2) is 66.4 Å². The molecule has 5 heterocycles. The molecule has 2 aliphatic heterocycles. The number of pyridine rings is 3. The molecule has 1 N–H and O–H groups in total. The van der Waals surface area contributed by atoms with Gasteiger partial charge in [-0.25, -0.2) is 18.4 Å². The number of anilines is 1. The molecule has 1 amide bonds.